The van der Waals surface area contributed by atoms with Crippen LogP contribution in [0.25, 0.3) is 0 Å². The van der Waals surface area contributed by atoms with Crippen LogP contribution in [-0.4, -0.2) is 40.7 Å². The molecule has 0 fully saturated rings. The van der Waals surface area contributed by atoms with Crippen molar-refractivity contribution in [1.82, 2.24) is 20.3 Å². The molecule has 1 amide bonds. The van der Waals surface area contributed by atoms with Crippen molar-refractivity contribution in [3.8, 4) is 11.5 Å². The largest absolute Gasteiger partial charge is 0.490 e. The summed E-state index contributed by atoms with van der Waals surface area (Å²) in [5.74, 6) is 1.16. The number of fused-ring (bicyclic) bond motifs is 1. The molecule has 0 saturated heterocycles. The fourth-order valence-electron chi connectivity index (χ4n) is 2.45. The highest BCUT2D eigenvalue weighted by Gasteiger charge is 2.17. The summed E-state index contributed by atoms with van der Waals surface area (Å²) in [5, 5.41) is 10.6. The fraction of sp³-hybridized carbons (Fsp3) is 0.438. The lowest BCUT2D eigenvalue weighted by atomic mass is 10.1. The predicted octanol–water partition coefficient (Wildman–Crippen LogP) is 0.889. The molecule has 8 nitrogen and oxygen atoms in total. The minimum absolute atomic E-state index is 0.200. The van der Waals surface area contributed by atoms with E-state index in [1.165, 1.54) is 0 Å². The van der Waals surface area contributed by atoms with Crippen molar-refractivity contribution in [1.29, 1.82) is 0 Å². The molecule has 0 spiro atoms. The number of amides is 1. The number of aromatic nitrogens is 3. The van der Waals surface area contributed by atoms with Gasteiger partial charge in [0.2, 0.25) is 0 Å². The van der Waals surface area contributed by atoms with Crippen molar-refractivity contribution in [2.75, 3.05) is 19.8 Å². The maximum absolute atomic E-state index is 12.3. The second-order valence-corrected chi connectivity index (χ2v) is 5.61. The van der Waals surface area contributed by atoms with Crippen molar-refractivity contribution >= 4 is 5.91 Å². The number of ether oxygens (including phenoxy) is 2. The lowest BCUT2D eigenvalue weighted by molar-refractivity contribution is 0.0934. The number of carbonyl (C=O) groups excluding carboxylic acids is 1. The molecule has 2 heterocycles. The molecule has 8 heteroatoms. The third-order valence-electron chi connectivity index (χ3n) is 3.75. The Morgan fingerprint density at radius 2 is 2.17 bits per heavy atom. The zero-order chi connectivity index (χ0) is 16.9. The summed E-state index contributed by atoms with van der Waals surface area (Å²) in [5.41, 5.74) is 6.66. The van der Waals surface area contributed by atoms with E-state index < -0.39 is 0 Å². The van der Waals surface area contributed by atoms with Crippen LogP contribution >= 0.6 is 0 Å². The molecular weight excluding hydrogens is 310 g/mol. The molecule has 1 aromatic carbocycles. The number of carbonyl (C=O) groups is 1. The Balaban J connectivity index is 1.68. The fourth-order valence-corrected chi connectivity index (χ4v) is 2.45. The van der Waals surface area contributed by atoms with Crippen LogP contribution in [0.1, 0.15) is 35.4 Å². The minimum Gasteiger partial charge on any atom is -0.490 e. The first kappa shape index (κ1) is 16.3. The van der Waals surface area contributed by atoms with Crippen LogP contribution in [0.15, 0.2) is 24.4 Å². The summed E-state index contributed by atoms with van der Waals surface area (Å²) in [7, 11) is 0. The van der Waals surface area contributed by atoms with E-state index in [4.69, 9.17) is 15.2 Å². The van der Waals surface area contributed by atoms with Crippen molar-refractivity contribution in [3.05, 3.63) is 35.7 Å². The summed E-state index contributed by atoms with van der Waals surface area (Å²) in [6.07, 6.45) is 2.44. The number of rotatable bonds is 5. The average Bonchev–Trinajstić information content (AvgIpc) is 2.92. The number of benzene rings is 1. The number of nitrogens with zero attached hydrogens (tertiary/aromatic N) is 3. The quantitative estimate of drug-likeness (QED) is 0.843. The molecule has 0 saturated carbocycles. The molecule has 1 unspecified atom stereocenters. The highest BCUT2D eigenvalue weighted by atomic mass is 16.5. The average molecular weight is 331 g/mol. The molecule has 2 aromatic rings. The molecule has 1 aliphatic heterocycles. The molecular formula is C16H21N5O3. The maximum atomic E-state index is 12.3. The highest BCUT2D eigenvalue weighted by molar-refractivity contribution is 5.92. The molecule has 0 aliphatic carbocycles. The van der Waals surface area contributed by atoms with Crippen LogP contribution < -0.4 is 20.5 Å². The van der Waals surface area contributed by atoms with Crippen LogP contribution in [-0.2, 0) is 6.54 Å². The van der Waals surface area contributed by atoms with Gasteiger partial charge in [-0.2, -0.15) is 0 Å². The smallest absolute Gasteiger partial charge is 0.273 e. The Bertz CT molecular complexity index is 715. The second-order valence-electron chi connectivity index (χ2n) is 5.61. The molecule has 24 heavy (non-hydrogen) atoms. The molecule has 1 aliphatic rings. The normalized spacial score (nSPS) is 14.8. The van der Waals surface area contributed by atoms with Crippen LogP contribution in [0, 0.1) is 0 Å². The topological polar surface area (TPSA) is 104 Å². The lowest BCUT2D eigenvalue weighted by Gasteiger charge is -2.15. The first-order valence-corrected chi connectivity index (χ1v) is 7.98. The van der Waals surface area contributed by atoms with E-state index in [1.807, 2.05) is 25.1 Å². The highest BCUT2D eigenvalue weighted by Crippen LogP contribution is 2.32. The van der Waals surface area contributed by atoms with Crippen LogP contribution in [0.5, 0.6) is 11.5 Å². The van der Waals surface area contributed by atoms with Crippen molar-refractivity contribution in [3.63, 3.8) is 0 Å². The van der Waals surface area contributed by atoms with E-state index in [0.717, 1.165) is 17.7 Å². The first-order chi connectivity index (χ1) is 11.7. The first-order valence-electron chi connectivity index (χ1n) is 7.98. The van der Waals surface area contributed by atoms with E-state index in [2.05, 4.69) is 15.6 Å². The number of nitrogens with two attached hydrogens (primary N) is 1. The molecule has 3 rings (SSSR count). The number of hydrogen-bond donors (Lipinski definition) is 2. The predicted molar refractivity (Wildman–Crippen MR) is 87.0 cm³/mol. The maximum Gasteiger partial charge on any atom is 0.273 e. The van der Waals surface area contributed by atoms with Gasteiger partial charge in [-0.15, -0.1) is 5.10 Å². The van der Waals surface area contributed by atoms with E-state index in [9.17, 15) is 4.79 Å². The van der Waals surface area contributed by atoms with Gasteiger partial charge in [0.15, 0.2) is 17.2 Å². The Morgan fingerprint density at radius 3 is 2.96 bits per heavy atom. The van der Waals surface area contributed by atoms with Gasteiger partial charge >= 0.3 is 0 Å². The van der Waals surface area contributed by atoms with E-state index >= 15 is 0 Å². The van der Waals surface area contributed by atoms with Crippen LogP contribution in [0.4, 0.5) is 0 Å². The summed E-state index contributed by atoms with van der Waals surface area (Å²) in [6, 6.07) is 5.49. The molecule has 1 atom stereocenters. The third kappa shape index (κ3) is 3.65. The SMILES string of the molecule is CC(NC(=O)c1cn(CCN)nn1)c1ccc2c(c1)OCCCO2. The molecule has 1 aromatic heterocycles. The zero-order valence-corrected chi connectivity index (χ0v) is 13.6. The van der Waals surface area contributed by atoms with Gasteiger partial charge in [0, 0.05) is 13.0 Å². The Morgan fingerprint density at radius 1 is 1.38 bits per heavy atom. The van der Waals surface area contributed by atoms with Gasteiger partial charge in [-0.25, -0.2) is 0 Å². The van der Waals surface area contributed by atoms with Crippen molar-refractivity contribution in [2.45, 2.75) is 25.9 Å². The Hall–Kier alpha value is -2.61. The summed E-state index contributed by atoms with van der Waals surface area (Å²) in [4.78, 5) is 12.3. The Labute approximate surface area is 139 Å². The summed E-state index contributed by atoms with van der Waals surface area (Å²) in [6.45, 7) is 4.15. The molecule has 0 radical (unpaired) electrons. The number of hydrogen-bond acceptors (Lipinski definition) is 6. The summed E-state index contributed by atoms with van der Waals surface area (Å²) >= 11 is 0. The molecule has 128 valence electrons. The van der Waals surface area contributed by atoms with Crippen LogP contribution in [0.3, 0.4) is 0 Å². The van der Waals surface area contributed by atoms with Gasteiger partial charge < -0.3 is 20.5 Å². The third-order valence-corrected chi connectivity index (χ3v) is 3.75. The van der Waals surface area contributed by atoms with Gasteiger partial charge in [-0.3, -0.25) is 9.48 Å². The summed E-state index contributed by atoms with van der Waals surface area (Å²) < 4.78 is 12.8. The van der Waals surface area contributed by atoms with Crippen molar-refractivity contribution in [2.24, 2.45) is 5.73 Å². The zero-order valence-electron chi connectivity index (χ0n) is 13.6. The molecule has 0 bridgehead atoms. The van der Waals surface area contributed by atoms with E-state index in [0.29, 0.717) is 32.1 Å². The van der Waals surface area contributed by atoms with E-state index in [1.54, 1.807) is 10.9 Å². The Kier molecular flexibility index (Phi) is 4.95. The second kappa shape index (κ2) is 7.31. The van der Waals surface area contributed by atoms with Gasteiger partial charge in [0.25, 0.3) is 5.91 Å². The van der Waals surface area contributed by atoms with E-state index in [-0.39, 0.29) is 17.6 Å². The monoisotopic (exact) mass is 331 g/mol. The van der Waals surface area contributed by atoms with Crippen LogP contribution in [0.2, 0.25) is 0 Å². The lowest BCUT2D eigenvalue weighted by Crippen LogP contribution is -2.27. The van der Waals surface area contributed by atoms with Gasteiger partial charge in [0.05, 0.1) is 32.0 Å². The standard InChI is InChI=1S/C16H21N5O3/c1-11(18-16(22)13-10-21(6-5-17)20-19-13)12-3-4-14-15(9-12)24-8-2-7-23-14/h3-4,9-11H,2,5-8,17H2,1H3,(H,18,22). The van der Waals surface area contributed by atoms with Gasteiger partial charge in [-0.1, -0.05) is 11.3 Å². The van der Waals surface area contributed by atoms with Crippen molar-refractivity contribution < 1.29 is 14.3 Å². The van der Waals surface area contributed by atoms with Gasteiger partial charge in [0.1, 0.15) is 0 Å². The minimum atomic E-state index is -0.280. The molecule has 3 N–H and O–H groups in total. The number of nitrogens with one attached hydrogen (secondary N) is 1. The van der Waals surface area contributed by atoms with Gasteiger partial charge in [-0.05, 0) is 24.6 Å².